The molecule has 2 atom stereocenters. The van der Waals surface area contributed by atoms with E-state index in [-0.39, 0.29) is 5.91 Å². The molecule has 2 aliphatic rings. The Kier molecular flexibility index (Phi) is 4.95. The molecule has 5 rings (SSSR count). The Hall–Kier alpha value is -1.76. The van der Waals surface area contributed by atoms with Crippen molar-refractivity contribution in [3.63, 3.8) is 0 Å². The molecule has 0 spiro atoms. The normalized spacial score (nSPS) is 23.1. The van der Waals surface area contributed by atoms with Crippen molar-refractivity contribution in [2.75, 3.05) is 26.2 Å². The zero-order chi connectivity index (χ0) is 19.1. The Balaban J connectivity index is 1.26. The van der Waals surface area contributed by atoms with Crippen molar-refractivity contribution in [3.8, 4) is 0 Å². The Morgan fingerprint density at radius 3 is 3.04 bits per heavy atom. The molecule has 0 aliphatic carbocycles. The van der Waals surface area contributed by atoms with E-state index < -0.39 is 0 Å². The highest BCUT2D eigenvalue weighted by Crippen LogP contribution is 2.34. The molecule has 2 aliphatic heterocycles. The minimum atomic E-state index is 0.274. The van der Waals surface area contributed by atoms with Gasteiger partial charge in [0.25, 0.3) is 0 Å². The molecule has 1 saturated heterocycles. The van der Waals surface area contributed by atoms with Crippen LogP contribution in [0, 0.1) is 0 Å². The summed E-state index contributed by atoms with van der Waals surface area (Å²) in [7, 11) is 0. The molecule has 146 valence electrons. The van der Waals surface area contributed by atoms with Gasteiger partial charge in [0, 0.05) is 36.5 Å². The number of aromatic nitrogens is 1. The lowest BCUT2D eigenvalue weighted by molar-refractivity contribution is -0.134. The molecule has 6 heteroatoms. The third kappa shape index (κ3) is 3.38. The summed E-state index contributed by atoms with van der Waals surface area (Å²) in [5, 5.41) is 3.37. The van der Waals surface area contributed by atoms with Gasteiger partial charge in [0.2, 0.25) is 5.91 Å². The first-order valence-electron chi connectivity index (χ1n) is 10.1. The predicted molar refractivity (Wildman–Crippen MR) is 116 cm³/mol. The minimum absolute atomic E-state index is 0.274. The van der Waals surface area contributed by atoms with Crippen LogP contribution in [-0.2, 0) is 11.2 Å². The maximum absolute atomic E-state index is 13.1. The maximum Gasteiger partial charge on any atom is 0.236 e. The average molecular weight is 412 g/mol. The monoisotopic (exact) mass is 411 g/mol. The van der Waals surface area contributed by atoms with Gasteiger partial charge in [-0.2, -0.15) is 0 Å². The van der Waals surface area contributed by atoms with E-state index in [4.69, 9.17) is 4.98 Å². The second-order valence-corrected chi connectivity index (χ2v) is 9.96. The molecule has 0 N–H and O–H groups in total. The van der Waals surface area contributed by atoms with E-state index in [1.54, 1.807) is 11.3 Å². The molecule has 2 aromatic heterocycles. The van der Waals surface area contributed by atoms with Crippen molar-refractivity contribution in [2.24, 2.45) is 0 Å². The number of para-hydroxylation sites is 1. The number of hydrogen-bond donors (Lipinski definition) is 0. The van der Waals surface area contributed by atoms with E-state index in [2.05, 4.69) is 46.4 Å². The zero-order valence-corrected chi connectivity index (χ0v) is 17.8. The van der Waals surface area contributed by atoms with Crippen LogP contribution < -0.4 is 0 Å². The number of fused-ring (bicyclic) bond motifs is 2. The van der Waals surface area contributed by atoms with Crippen LogP contribution in [-0.4, -0.2) is 46.9 Å². The van der Waals surface area contributed by atoms with Gasteiger partial charge in [-0.1, -0.05) is 12.1 Å². The number of piperidine rings is 1. The number of hydrogen-bond acceptors (Lipinski definition) is 5. The van der Waals surface area contributed by atoms with Crippen molar-refractivity contribution in [3.05, 3.63) is 51.2 Å². The lowest BCUT2D eigenvalue weighted by Crippen LogP contribution is -2.46. The fourth-order valence-corrected chi connectivity index (χ4v) is 6.58. The van der Waals surface area contributed by atoms with Crippen LogP contribution in [0.4, 0.5) is 0 Å². The number of thiazole rings is 1. The van der Waals surface area contributed by atoms with Crippen LogP contribution >= 0.6 is 22.7 Å². The third-order valence-electron chi connectivity index (χ3n) is 6.18. The number of amides is 1. The number of likely N-dealkylation sites (tertiary alicyclic amines) is 1. The molecule has 2 unspecified atom stereocenters. The van der Waals surface area contributed by atoms with Crippen LogP contribution in [0.25, 0.3) is 10.2 Å². The quantitative estimate of drug-likeness (QED) is 0.628. The smallest absolute Gasteiger partial charge is 0.236 e. The van der Waals surface area contributed by atoms with Gasteiger partial charge in [-0.25, -0.2) is 4.98 Å². The first kappa shape index (κ1) is 18.3. The zero-order valence-electron chi connectivity index (χ0n) is 16.1. The van der Waals surface area contributed by atoms with Gasteiger partial charge in [0.1, 0.15) is 0 Å². The molecule has 4 nitrogen and oxygen atoms in total. The van der Waals surface area contributed by atoms with Crippen LogP contribution in [0.5, 0.6) is 0 Å². The molecule has 0 radical (unpaired) electrons. The van der Waals surface area contributed by atoms with E-state index in [9.17, 15) is 4.79 Å². The Morgan fingerprint density at radius 2 is 2.14 bits per heavy atom. The Labute approximate surface area is 173 Å². The number of carbonyl (C=O) groups is 1. The largest absolute Gasteiger partial charge is 0.341 e. The van der Waals surface area contributed by atoms with Crippen molar-refractivity contribution in [1.29, 1.82) is 0 Å². The molecule has 1 fully saturated rings. The second kappa shape index (κ2) is 7.58. The first-order valence-corrected chi connectivity index (χ1v) is 11.8. The van der Waals surface area contributed by atoms with E-state index in [1.165, 1.54) is 20.1 Å². The predicted octanol–water partition coefficient (Wildman–Crippen LogP) is 4.68. The van der Waals surface area contributed by atoms with Crippen LogP contribution in [0.1, 0.15) is 47.2 Å². The van der Waals surface area contributed by atoms with Crippen molar-refractivity contribution >= 4 is 38.8 Å². The van der Waals surface area contributed by atoms with E-state index in [0.29, 0.717) is 18.5 Å². The molecule has 4 heterocycles. The summed E-state index contributed by atoms with van der Waals surface area (Å²) in [6.45, 7) is 5.44. The van der Waals surface area contributed by atoms with E-state index >= 15 is 0 Å². The molecular weight excluding hydrogens is 386 g/mol. The van der Waals surface area contributed by atoms with Gasteiger partial charge in [-0.05, 0) is 55.3 Å². The standard InChI is InChI=1S/C22H25N3OS2/c1-15-17-9-12-27-19(17)8-11-24(15)14-21(26)25-10-4-5-16(13-25)22-23-18-6-2-3-7-20(18)28-22/h2-3,6-7,9,12,15-16H,4-5,8,10-11,13-14H2,1H3. The lowest BCUT2D eigenvalue weighted by Gasteiger charge is -2.37. The Morgan fingerprint density at radius 1 is 1.25 bits per heavy atom. The summed E-state index contributed by atoms with van der Waals surface area (Å²) < 4.78 is 1.25. The SMILES string of the molecule is CC1c2ccsc2CCN1CC(=O)N1CCCC(c2nc3ccccc3s2)C1. The molecule has 1 amide bonds. The van der Waals surface area contributed by atoms with E-state index in [1.807, 2.05) is 17.4 Å². The number of thiophene rings is 1. The van der Waals surface area contributed by atoms with E-state index in [0.717, 1.165) is 44.4 Å². The minimum Gasteiger partial charge on any atom is -0.341 e. The number of carbonyl (C=O) groups excluding carboxylic acids is 1. The summed E-state index contributed by atoms with van der Waals surface area (Å²) >= 11 is 3.64. The highest BCUT2D eigenvalue weighted by molar-refractivity contribution is 7.18. The molecule has 28 heavy (non-hydrogen) atoms. The number of nitrogens with zero attached hydrogens (tertiary/aromatic N) is 3. The Bertz CT molecular complexity index is 962. The molecule has 1 aromatic carbocycles. The summed E-state index contributed by atoms with van der Waals surface area (Å²) in [6, 6.07) is 10.9. The van der Waals surface area contributed by atoms with Crippen molar-refractivity contribution in [1.82, 2.24) is 14.8 Å². The van der Waals surface area contributed by atoms with Gasteiger partial charge >= 0.3 is 0 Å². The summed E-state index contributed by atoms with van der Waals surface area (Å²) in [5.74, 6) is 0.647. The van der Waals surface area contributed by atoms with Gasteiger partial charge in [-0.3, -0.25) is 9.69 Å². The maximum atomic E-state index is 13.1. The topological polar surface area (TPSA) is 36.4 Å². The lowest BCUT2D eigenvalue weighted by atomic mass is 9.98. The highest BCUT2D eigenvalue weighted by Gasteiger charge is 2.31. The van der Waals surface area contributed by atoms with Gasteiger partial charge < -0.3 is 4.90 Å². The number of rotatable bonds is 3. The van der Waals surface area contributed by atoms with Crippen LogP contribution in [0.15, 0.2) is 35.7 Å². The summed E-state index contributed by atoms with van der Waals surface area (Å²) in [5.41, 5.74) is 2.50. The fraction of sp³-hybridized carbons (Fsp3) is 0.455. The average Bonchev–Trinajstić information content (AvgIpc) is 3.37. The second-order valence-electron chi connectivity index (χ2n) is 7.89. The van der Waals surface area contributed by atoms with Gasteiger partial charge in [0.15, 0.2) is 0 Å². The molecular formula is C22H25N3OS2. The van der Waals surface area contributed by atoms with Crippen molar-refractivity contribution < 1.29 is 4.79 Å². The van der Waals surface area contributed by atoms with Crippen molar-refractivity contribution in [2.45, 2.75) is 38.1 Å². The fourth-order valence-electron chi connectivity index (χ4n) is 4.52. The van der Waals surface area contributed by atoms with Gasteiger partial charge in [0.05, 0.1) is 21.8 Å². The third-order valence-corrected chi connectivity index (χ3v) is 8.37. The van der Waals surface area contributed by atoms with Crippen LogP contribution in [0.2, 0.25) is 0 Å². The van der Waals surface area contributed by atoms with Gasteiger partial charge in [-0.15, -0.1) is 22.7 Å². The summed E-state index contributed by atoms with van der Waals surface area (Å²) in [4.78, 5) is 23.8. The molecule has 3 aromatic rings. The van der Waals surface area contributed by atoms with Crippen LogP contribution in [0.3, 0.4) is 0 Å². The summed E-state index contributed by atoms with van der Waals surface area (Å²) in [6.07, 6.45) is 3.26. The molecule has 0 saturated carbocycles. The highest BCUT2D eigenvalue weighted by atomic mass is 32.1. The number of benzene rings is 1. The first-order chi connectivity index (χ1) is 13.7. The molecule has 0 bridgehead atoms.